The van der Waals surface area contributed by atoms with Gasteiger partial charge in [0.25, 0.3) is 0 Å². The largest absolute Gasteiger partial charge is 0.296 e. The highest BCUT2D eigenvalue weighted by atomic mass is 19.1. The maximum atomic E-state index is 14.1. The van der Waals surface area contributed by atoms with Crippen LogP contribution in [0.3, 0.4) is 0 Å². The van der Waals surface area contributed by atoms with E-state index in [0.29, 0.717) is 29.1 Å². The van der Waals surface area contributed by atoms with Gasteiger partial charge in [-0.25, -0.2) is 14.4 Å². The zero-order chi connectivity index (χ0) is 22.4. The Kier molecular flexibility index (Phi) is 5.25. The van der Waals surface area contributed by atoms with Crippen LogP contribution in [0.4, 0.5) is 4.39 Å². The maximum absolute atomic E-state index is 14.1. The molecule has 1 aromatic carbocycles. The van der Waals surface area contributed by atoms with Crippen LogP contribution in [0, 0.1) is 26.6 Å². The zero-order valence-corrected chi connectivity index (χ0v) is 19.0. The number of likely N-dealkylation sites (tertiary alicyclic amines) is 1. The summed E-state index contributed by atoms with van der Waals surface area (Å²) in [7, 11) is 1.96. The van der Waals surface area contributed by atoms with E-state index in [1.807, 2.05) is 31.6 Å². The maximum Gasteiger partial charge on any atom is 0.143 e. The average Bonchev–Trinajstić information content (AvgIpc) is 3.32. The van der Waals surface area contributed by atoms with Crippen molar-refractivity contribution in [3.8, 4) is 11.3 Å². The molecular weight excluding hydrogens is 405 g/mol. The number of piperidine rings is 1. The predicted molar refractivity (Wildman–Crippen MR) is 122 cm³/mol. The summed E-state index contributed by atoms with van der Waals surface area (Å²) in [5, 5.41) is 12.9. The van der Waals surface area contributed by atoms with Crippen molar-refractivity contribution in [3.05, 3.63) is 58.7 Å². The molecule has 0 unspecified atom stereocenters. The van der Waals surface area contributed by atoms with E-state index in [1.165, 1.54) is 11.8 Å². The third-order valence-corrected chi connectivity index (χ3v) is 6.65. The average molecular weight is 434 g/mol. The quantitative estimate of drug-likeness (QED) is 0.522. The van der Waals surface area contributed by atoms with E-state index in [2.05, 4.69) is 43.2 Å². The van der Waals surface area contributed by atoms with E-state index in [1.54, 1.807) is 6.07 Å². The Morgan fingerprint density at radius 2 is 1.88 bits per heavy atom. The Bertz CT molecular complexity index is 1280. The van der Waals surface area contributed by atoms with Crippen LogP contribution in [-0.2, 0) is 13.6 Å². The fourth-order valence-corrected chi connectivity index (χ4v) is 4.87. The van der Waals surface area contributed by atoms with Crippen LogP contribution in [-0.4, -0.2) is 47.9 Å². The van der Waals surface area contributed by atoms with Crippen molar-refractivity contribution in [3.63, 3.8) is 0 Å². The fourth-order valence-electron chi connectivity index (χ4n) is 4.87. The van der Waals surface area contributed by atoms with Gasteiger partial charge in [0, 0.05) is 29.9 Å². The molecule has 0 spiro atoms. The summed E-state index contributed by atoms with van der Waals surface area (Å²) in [5.41, 5.74) is 6.78. The van der Waals surface area contributed by atoms with Crippen molar-refractivity contribution >= 4 is 10.9 Å². The molecule has 0 radical (unpaired) electrons. The van der Waals surface area contributed by atoms with E-state index in [-0.39, 0.29) is 5.82 Å². The second kappa shape index (κ2) is 8.09. The third kappa shape index (κ3) is 3.68. The molecule has 0 aliphatic carbocycles. The third-order valence-electron chi connectivity index (χ3n) is 6.65. The number of hydrogen-bond donors (Lipinski definition) is 1. The van der Waals surface area contributed by atoms with Gasteiger partial charge in [-0.15, -0.1) is 0 Å². The number of H-pyrrole nitrogens is 1. The molecule has 166 valence electrons. The summed E-state index contributed by atoms with van der Waals surface area (Å²) in [5.74, 6) is 0.950. The van der Waals surface area contributed by atoms with Crippen molar-refractivity contribution in [2.24, 2.45) is 7.05 Å². The second-order valence-corrected chi connectivity index (χ2v) is 8.79. The van der Waals surface area contributed by atoms with Crippen molar-refractivity contribution in [2.75, 3.05) is 13.1 Å². The summed E-state index contributed by atoms with van der Waals surface area (Å²) < 4.78 is 16.0. The first-order valence-electron chi connectivity index (χ1n) is 11.1. The number of aromatic amines is 1. The van der Waals surface area contributed by atoms with Gasteiger partial charge in [0.1, 0.15) is 11.6 Å². The van der Waals surface area contributed by atoms with Crippen LogP contribution in [0.2, 0.25) is 0 Å². The number of aromatic nitrogens is 6. The molecule has 1 aliphatic rings. The van der Waals surface area contributed by atoms with Crippen molar-refractivity contribution in [1.82, 2.24) is 34.8 Å². The molecular formula is C24H28FN7. The Hall–Kier alpha value is -3.13. The van der Waals surface area contributed by atoms with Gasteiger partial charge in [-0.1, -0.05) is 6.07 Å². The predicted octanol–water partition coefficient (Wildman–Crippen LogP) is 4.20. The molecule has 3 aromatic heterocycles. The molecule has 1 saturated heterocycles. The Labute approximate surface area is 186 Å². The monoisotopic (exact) mass is 433 g/mol. The van der Waals surface area contributed by atoms with Crippen LogP contribution in [0.5, 0.6) is 0 Å². The lowest BCUT2D eigenvalue weighted by Crippen LogP contribution is -2.33. The van der Waals surface area contributed by atoms with Gasteiger partial charge in [-0.3, -0.25) is 14.7 Å². The van der Waals surface area contributed by atoms with E-state index in [9.17, 15) is 4.39 Å². The number of fused-ring (bicyclic) bond motifs is 1. The van der Waals surface area contributed by atoms with Gasteiger partial charge in [-0.2, -0.15) is 10.2 Å². The van der Waals surface area contributed by atoms with E-state index in [4.69, 9.17) is 0 Å². The minimum atomic E-state index is -0.261. The molecule has 0 amide bonds. The number of hydrogen-bond acceptors (Lipinski definition) is 5. The lowest BCUT2D eigenvalue weighted by atomic mass is 9.93. The molecule has 7 nitrogen and oxygen atoms in total. The van der Waals surface area contributed by atoms with Crippen LogP contribution in [0.15, 0.2) is 24.3 Å². The molecule has 1 aliphatic heterocycles. The van der Waals surface area contributed by atoms with Crippen molar-refractivity contribution in [2.45, 2.75) is 46.1 Å². The normalized spacial score (nSPS) is 15.7. The van der Waals surface area contributed by atoms with Crippen molar-refractivity contribution < 1.29 is 4.39 Å². The topological polar surface area (TPSA) is 75.5 Å². The highest BCUT2D eigenvalue weighted by Crippen LogP contribution is 2.32. The number of rotatable bonds is 4. The SMILES string of the molecule is Cc1nn(C)c(C)c1-c1cc(C2CCN(Cc3nc(C)c4c(F)cccc4n3)CC2)[nH]n1. The van der Waals surface area contributed by atoms with E-state index in [0.717, 1.165) is 54.4 Å². The highest BCUT2D eigenvalue weighted by Gasteiger charge is 2.24. The first-order chi connectivity index (χ1) is 15.4. The molecule has 5 rings (SSSR count). The second-order valence-electron chi connectivity index (χ2n) is 8.79. The summed E-state index contributed by atoms with van der Waals surface area (Å²) in [4.78, 5) is 11.6. The summed E-state index contributed by atoms with van der Waals surface area (Å²) >= 11 is 0. The Balaban J connectivity index is 1.26. The summed E-state index contributed by atoms with van der Waals surface area (Å²) in [6.45, 7) is 8.57. The van der Waals surface area contributed by atoms with E-state index >= 15 is 0 Å². The molecule has 32 heavy (non-hydrogen) atoms. The standard InChI is InChI=1S/C24H28FN7/c1-14-24-18(25)6-5-7-19(24)27-22(26-14)13-32-10-8-17(9-11-32)20-12-21(29-28-20)23-15(2)30-31(4)16(23)3/h5-7,12,17H,8-11,13H2,1-4H3,(H,28,29). The lowest BCUT2D eigenvalue weighted by Gasteiger charge is -2.30. The van der Waals surface area contributed by atoms with Gasteiger partial charge in [-0.05, 0) is 64.9 Å². The van der Waals surface area contributed by atoms with Crippen LogP contribution >= 0.6 is 0 Å². The highest BCUT2D eigenvalue weighted by molar-refractivity contribution is 5.81. The van der Waals surface area contributed by atoms with Gasteiger partial charge in [0.05, 0.1) is 34.5 Å². The molecule has 0 saturated carbocycles. The lowest BCUT2D eigenvalue weighted by molar-refractivity contribution is 0.199. The number of nitrogens with zero attached hydrogens (tertiary/aromatic N) is 6. The van der Waals surface area contributed by atoms with Crippen LogP contribution < -0.4 is 0 Å². The van der Waals surface area contributed by atoms with E-state index < -0.39 is 0 Å². The smallest absolute Gasteiger partial charge is 0.143 e. The van der Waals surface area contributed by atoms with Crippen LogP contribution in [0.1, 0.15) is 47.4 Å². The summed E-state index contributed by atoms with van der Waals surface area (Å²) in [6.07, 6.45) is 2.10. The molecule has 4 aromatic rings. The Morgan fingerprint density at radius 3 is 2.59 bits per heavy atom. The Morgan fingerprint density at radius 1 is 1.09 bits per heavy atom. The van der Waals surface area contributed by atoms with Crippen LogP contribution in [0.25, 0.3) is 22.2 Å². The molecule has 4 heterocycles. The minimum Gasteiger partial charge on any atom is -0.296 e. The first-order valence-corrected chi connectivity index (χ1v) is 11.1. The molecule has 0 atom stereocenters. The zero-order valence-electron chi connectivity index (χ0n) is 19.0. The molecule has 8 heteroatoms. The first kappa shape index (κ1) is 20.8. The molecule has 1 fully saturated rings. The molecule has 0 bridgehead atoms. The number of halogens is 1. The van der Waals surface area contributed by atoms with Gasteiger partial charge >= 0.3 is 0 Å². The van der Waals surface area contributed by atoms with Gasteiger partial charge < -0.3 is 0 Å². The molecule has 1 N–H and O–H groups in total. The van der Waals surface area contributed by atoms with Crippen molar-refractivity contribution in [1.29, 1.82) is 0 Å². The number of aryl methyl sites for hydroxylation is 3. The number of nitrogens with one attached hydrogen (secondary N) is 1. The fraction of sp³-hybridized carbons (Fsp3) is 0.417. The van der Waals surface area contributed by atoms with Gasteiger partial charge in [0.15, 0.2) is 0 Å². The minimum absolute atomic E-state index is 0.261. The summed E-state index contributed by atoms with van der Waals surface area (Å²) in [6, 6.07) is 7.19. The number of benzene rings is 1. The van der Waals surface area contributed by atoms with Gasteiger partial charge in [0.2, 0.25) is 0 Å².